The van der Waals surface area contributed by atoms with E-state index in [2.05, 4.69) is 28.2 Å². The molecule has 19 heavy (non-hydrogen) atoms. The normalized spacial score (nSPS) is 24.3. The molecular formula is C14H17BrF3N. The Hall–Kier alpha value is -0.710. The number of rotatable bonds is 2. The maximum atomic E-state index is 13.0. The first-order valence-corrected chi connectivity index (χ1v) is 7.29. The van der Waals surface area contributed by atoms with Crippen LogP contribution in [0, 0.1) is 5.92 Å². The molecule has 0 saturated heterocycles. The zero-order valence-corrected chi connectivity index (χ0v) is 12.3. The third kappa shape index (κ3) is 3.88. The summed E-state index contributed by atoms with van der Waals surface area (Å²) < 4.78 is 39.4. The predicted molar refractivity (Wildman–Crippen MR) is 74.2 cm³/mol. The molecule has 1 fully saturated rings. The van der Waals surface area contributed by atoms with E-state index in [0.29, 0.717) is 10.4 Å². The zero-order valence-electron chi connectivity index (χ0n) is 10.7. The van der Waals surface area contributed by atoms with E-state index in [1.807, 2.05) is 0 Å². The lowest BCUT2D eigenvalue weighted by Gasteiger charge is -2.28. The number of anilines is 1. The number of alkyl halides is 3. The van der Waals surface area contributed by atoms with Crippen molar-refractivity contribution in [3.05, 3.63) is 28.2 Å². The summed E-state index contributed by atoms with van der Waals surface area (Å²) in [4.78, 5) is 0. The molecule has 0 amide bonds. The third-order valence-corrected chi connectivity index (χ3v) is 4.16. The van der Waals surface area contributed by atoms with Crippen LogP contribution in [0.2, 0.25) is 0 Å². The summed E-state index contributed by atoms with van der Waals surface area (Å²) in [5.74, 6) is 0.685. The van der Waals surface area contributed by atoms with Crippen LogP contribution in [-0.2, 0) is 6.18 Å². The van der Waals surface area contributed by atoms with E-state index >= 15 is 0 Å². The van der Waals surface area contributed by atoms with E-state index in [9.17, 15) is 13.2 Å². The zero-order chi connectivity index (χ0) is 14.0. The SMILES string of the molecule is CC1CCC(Nc2ccc(Br)cc2C(F)(F)F)CC1. The molecule has 0 aromatic heterocycles. The van der Waals surface area contributed by atoms with Gasteiger partial charge in [0.15, 0.2) is 0 Å². The highest BCUT2D eigenvalue weighted by atomic mass is 79.9. The molecule has 1 aliphatic carbocycles. The fourth-order valence-corrected chi connectivity index (χ4v) is 2.86. The lowest BCUT2D eigenvalue weighted by molar-refractivity contribution is -0.137. The van der Waals surface area contributed by atoms with Gasteiger partial charge in [0.1, 0.15) is 0 Å². The van der Waals surface area contributed by atoms with Crippen LogP contribution in [0.4, 0.5) is 18.9 Å². The first kappa shape index (κ1) is 14.7. The molecule has 1 aromatic rings. The van der Waals surface area contributed by atoms with Crippen LogP contribution in [0.15, 0.2) is 22.7 Å². The van der Waals surface area contributed by atoms with Crippen molar-refractivity contribution in [2.24, 2.45) is 5.92 Å². The van der Waals surface area contributed by atoms with Gasteiger partial charge in [-0.3, -0.25) is 0 Å². The van der Waals surface area contributed by atoms with E-state index in [0.717, 1.165) is 31.7 Å². The van der Waals surface area contributed by atoms with Crippen molar-refractivity contribution in [2.75, 3.05) is 5.32 Å². The number of benzene rings is 1. The van der Waals surface area contributed by atoms with Gasteiger partial charge < -0.3 is 5.32 Å². The maximum absolute atomic E-state index is 13.0. The molecule has 5 heteroatoms. The first-order valence-electron chi connectivity index (χ1n) is 6.49. The fourth-order valence-electron chi connectivity index (χ4n) is 2.50. The quantitative estimate of drug-likeness (QED) is 0.756. The fraction of sp³-hybridized carbons (Fsp3) is 0.571. The van der Waals surface area contributed by atoms with E-state index in [4.69, 9.17) is 0 Å². The van der Waals surface area contributed by atoms with Crippen molar-refractivity contribution in [1.29, 1.82) is 0 Å². The Morgan fingerprint density at radius 1 is 1.16 bits per heavy atom. The van der Waals surface area contributed by atoms with Crippen molar-refractivity contribution in [2.45, 2.75) is 44.8 Å². The number of hydrogen-bond donors (Lipinski definition) is 1. The Morgan fingerprint density at radius 3 is 2.37 bits per heavy atom. The molecule has 1 saturated carbocycles. The van der Waals surface area contributed by atoms with Gasteiger partial charge in [0.25, 0.3) is 0 Å². The van der Waals surface area contributed by atoms with Crippen molar-refractivity contribution in [3.8, 4) is 0 Å². The Morgan fingerprint density at radius 2 is 1.79 bits per heavy atom. The van der Waals surface area contributed by atoms with Crippen LogP contribution in [-0.4, -0.2) is 6.04 Å². The van der Waals surface area contributed by atoms with Gasteiger partial charge in [0.05, 0.1) is 5.56 Å². The van der Waals surface area contributed by atoms with Gasteiger partial charge in [0, 0.05) is 16.2 Å². The van der Waals surface area contributed by atoms with Crippen molar-refractivity contribution in [3.63, 3.8) is 0 Å². The molecular weight excluding hydrogens is 319 g/mol. The molecule has 1 aliphatic rings. The van der Waals surface area contributed by atoms with Gasteiger partial charge in [-0.15, -0.1) is 0 Å². The van der Waals surface area contributed by atoms with Gasteiger partial charge in [0.2, 0.25) is 0 Å². The molecule has 0 spiro atoms. The van der Waals surface area contributed by atoms with Gasteiger partial charge in [-0.05, 0) is 49.8 Å². The minimum Gasteiger partial charge on any atom is -0.382 e. The third-order valence-electron chi connectivity index (χ3n) is 3.66. The summed E-state index contributed by atoms with van der Waals surface area (Å²) in [6, 6.07) is 4.43. The summed E-state index contributed by atoms with van der Waals surface area (Å²) in [5.41, 5.74) is -0.407. The second-order valence-electron chi connectivity index (χ2n) is 5.29. The monoisotopic (exact) mass is 335 g/mol. The van der Waals surface area contributed by atoms with Gasteiger partial charge in [-0.2, -0.15) is 13.2 Å². The molecule has 1 aromatic carbocycles. The van der Waals surface area contributed by atoms with Crippen molar-refractivity contribution < 1.29 is 13.2 Å². The number of halogens is 4. The summed E-state index contributed by atoms with van der Waals surface area (Å²) in [6.07, 6.45) is -0.289. The van der Waals surface area contributed by atoms with Crippen LogP contribution in [0.5, 0.6) is 0 Å². The Labute approximate surface area is 119 Å². The molecule has 106 valence electrons. The highest BCUT2D eigenvalue weighted by Gasteiger charge is 2.34. The molecule has 0 heterocycles. The lowest BCUT2D eigenvalue weighted by atomic mass is 9.87. The smallest absolute Gasteiger partial charge is 0.382 e. The summed E-state index contributed by atoms with van der Waals surface area (Å²) in [6.45, 7) is 2.19. The summed E-state index contributed by atoms with van der Waals surface area (Å²) in [7, 11) is 0. The Balaban J connectivity index is 2.16. The molecule has 0 aliphatic heterocycles. The molecule has 0 radical (unpaired) electrons. The van der Waals surface area contributed by atoms with Crippen LogP contribution in [0.3, 0.4) is 0 Å². The maximum Gasteiger partial charge on any atom is 0.418 e. The highest BCUT2D eigenvalue weighted by molar-refractivity contribution is 9.10. The molecule has 1 N–H and O–H groups in total. The van der Waals surface area contributed by atoms with Crippen LogP contribution in [0.1, 0.15) is 38.2 Å². The Kier molecular flexibility index (Phi) is 4.43. The van der Waals surface area contributed by atoms with Gasteiger partial charge in [-0.25, -0.2) is 0 Å². The van der Waals surface area contributed by atoms with Gasteiger partial charge in [-0.1, -0.05) is 22.9 Å². The summed E-state index contributed by atoms with van der Waals surface area (Å²) in [5, 5.41) is 3.06. The van der Waals surface area contributed by atoms with Crippen LogP contribution < -0.4 is 5.32 Å². The number of hydrogen-bond acceptors (Lipinski definition) is 1. The average molecular weight is 336 g/mol. The molecule has 1 nitrogen and oxygen atoms in total. The van der Waals surface area contributed by atoms with Crippen LogP contribution in [0.25, 0.3) is 0 Å². The standard InChI is InChI=1S/C14H17BrF3N/c1-9-2-5-11(6-3-9)19-13-7-4-10(15)8-12(13)14(16,17)18/h4,7-9,11,19H,2-3,5-6H2,1H3. The molecule has 2 rings (SSSR count). The lowest BCUT2D eigenvalue weighted by Crippen LogP contribution is -2.26. The average Bonchev–Trinajstić information content (AvgIpc) is 2.33. The Bertz CT molecular complexity index is 437. The largest absolute Gasteiger partial charge is 0.418 e. The molecule has 0 unspecified atom stereocenters. The van der Waals surface area contributed by atoms with E-state index in [-0.39, 0.29) is 11.7 Å². The summed E-state index contributed by atoms with van der Waals surface area (Å²) >= 11 is 3.09. The van der Waals surface area contributed by atoms with E-state index in [1.165, 1.54) is 6.07 Å². The van der Waals surface area contributed by atoms with Gasteiger partial charge >= 0.3 is 6.18 Å². The van der Waals surface area contributed by atoms with Crippen LogP contribution >= 0.6 is 15.9 Å². The second kappa shape index (κ2) is 5.73. The number of nitrogens with one attached hydrogen (secondary N) is 1. The van der Waals surface area contributed by atoms with E-state index < -0.39 is 11.7 Å². The topological polar surface area (TPSA) is 12.0 Å². The highest BCUT2D eigenvalue weighted by Crippen LogP contribution is 2.37. The van der Waals surface area contributed by atoms with E-state index in [1.54, 1.807) is 6.07 Å². The van der Waals surface area contributed by atoms with Crippen molar-refractivity contribution in [1.82, 2.24) is 0 Å². The second-order valence-corrected chi connectivity index (χ2v) is 6.20. The first-order chi connectivity index (χ1) is 8.86. The minimum atomic E-state index is -4.33. The minimum absolute atomic E-state index is 0.151. The van der Waals surface area contributed by atoms with Crippen molar-refractivity contribution >= 4 is 21.6 Å². The molecule has 0 bridgehead atoms. The predicted octanol–water partition coefficient (Wildman–Crippen LogP) is 5.46. The molecule has 0 atom stereocenters.